The van der Waals surface area contributed by atoms with Gasteiger partial charge in [-0.1, -0.05) is 51.3 Å². The van der Waals surface area contributed by atoms with Gasteiger partial charge in [0.1, 0.15) is 40.5 Å². The summed E-state index contributed by atoms with van der Waals surface area (Å²) < 4.78 is 36.1. The number of hydrogen-bond acceptors (Lipinski definition) is 16. The zero-order valence-electron chi connectivity index (χ0n) is 39.7. The Morgan fingerprint density at radius 3 is 1.64 bits per heavy atom. The second-order valence-corrected chi connectivity index (χ2v) is 15.3. The Hall–Kier alpha value is -8.35. The summed E-state index contributed by atoms with van der Waals surface area (Å²) in [5.41, 5.74) is 9.46. The van der Waals surface area contributed by atoms with Crippen molar-refractivity contribution in [2.24, 2.45) is 0 Å². The van der Waals surface area contributed by atoms with Crippen molar-refractivity contribution in [3.05, 3.63) is 164 Å². The van der Waals surface area contributed by atoms with E-state index in [2.05, 4.69) is 25.0 Å². The number of pyridine rings is 2. The quantitative estimate of drug-likeness (QED) is 0.0403. The minimum Gasteiger partial charge on any atom is -0.497 e. The maximum atomic E-state index is 10.3. The maximum Gasteiger partial charge on any atom is 0.334 e. The summed E-state index contributed by atoms with van der Waals surface area (Å²) in [6.45, 7) is 6.88. The molecule has 5 aromatic heterocycles. The number of halogens is 1. The average molecular weight is 976 g/mol. The molecule has 0 spiro atoms. The third-order valence-electron chi connectivity index (χ3n) is 10.2. The van der Waals surface area contributed by atoms with Gasteiger partial charge in [0.2, 0.25) is 16.9 Å². The van der Waals surface area contributed by atoms with Gasteiger partial charge in [0, 0.05) is 36.3 Å². The lowest BCUT2D eigenvalue weighted by Crippen LogP contribution is -2.33. The smallest absolute Gasteiger partial charge is 0.334 e. The fourth-order valence-corrected chi connectivity index (χ4v) is 6.72. The average Bonchev–Trinajstić information content (AvgIpc) is 4.07. The number of methoxy groups -OCH3 is 4. The number of aliphatic hydroxyl groups excluding tert-OH is 1. The van der Waals surface area contributed by atoms with E-state index in [0.717, 1.165) is 67.7 Å². The zero-order chi connectivity index (χ0) is 50.7. The van der Waals surface area contributed by atoms with Gasteiger partial charge in [0.25, 0.3) is 5.69 Å². The lowest BCUT2D eigenvalue weighted by molar-refractivity contribution is -0.876. The first-order valence-corrected chi connectivity index (χ1v) is 21.7. The number of aryl methyl sites for hydroxylation is 4. The molecule has 2 N–H and O–H groups in total. The second-order valence-electron chi connectivity index (χ2n) is 14.9. The van der Waals surface area contributed by atoms with Crippen LogP contribution in [0.3, 0.4) is 0 Å². The summed E-state index contributed by atoms with van der Waals surface area (Å²) in [6.07, 6.45) is 2.08. The van der Waals surface area contributed by atoms with Crippen molar-refractivity contribution in [1.29, 1.82) is 0 Å². The monoisotopic (exact) mass is 975 g/mol. The van der Waals surface area contributed by atoms with Gasteiger partial charge in [0.05, 0.1) is 49.6 Å². The van der Waals surface area contributed by atoms with E-state index in [-0.39, 0.29) is 18.1 Å². The molecule has 18 nitrogen and oxygen atoms in total. The van der Waals surface area contributed by atoms with Crippen LogP contribution in [-0.2, 0) is 17.6 Å². The topological polar surface area (TPSA) is 232 Å². The van der Waals surface area contributed by atoms with E-state index in [4.69, 9.17) is 44.7 Å². The van der Waals surface area contributed by atoms with Crippen molar-refractivity contribution in [1.82, 2.24) is 20.5 Å². The van der Waals surface area contributed by atoms with E-state index >= 15 is 0 Å². The molecule has 0 aliphatic rings. The fourth-order valence-electron chi connectivity index (χ4n) is 6.49. The fraction of sp³-hybridized carbons (Fsp3) is 0.216. The number of aldehydes is 1. The van der Waals surface area contributed by atoms with Crippen LogP contribution < -0.4 is 23.7 Å². The maximum absolute atomic E-state index is 10.3. The van der Waals surface area contributed by atoms with Gasteiger partial charge in [-0.15, -0.1) is 0 Å². The summed E-state index contributed by atoms with van der Waals surface area (Å²) >= 11 is 6.19. The molecule has 5 heterocycles. The summed E-state index contributed by atoms with van der Waals surface area (Å²) in [6, 6.07) is 35.6. The Labute approximate surface area is 407 Å². The molecule has 0 amide bonds. The molecular formula is C51H52ClN6O12+. The number of nitro groups is 1. The Bertz CT molecular complexity index is 3060. The van der Waals surface area contributed by atoms with Crippen LogP contribution >= 0.6 is 11.6 Å². The molecule has 0 saturated carbocycles. The number of aliphatic hydroxyl groups is 1. The van der Waals surface area contributed by atoms with Crippen molar-refractivity contribution >= 4 is 45.8 Å². The van der Waals surface area contributed by atoms with Gasteiger partial charge in [-0.25, -0.2) is 4.98 Å². The van der Waals surface area contributed by atoms with Crippen LogP contribution in [0.4, 0.5) is 5.69 Å². The van der Waals surface area contributed by atoms with E-state index in [9.17, 15) is 20.1 Å². The molecule has 0 aliphatic carbocycles. The van der Waals surface area contributed by atoms with E-state index in [0.29, 0.717) is 57.1 Å². The highest BCUT2D eigenvalue weighted by Crippen LogP contribution is 2.30. The first kappa shape index (κ1) is 52.6. The highest BCUT2D eigenvalue weighted by atomic mass is 35.5. The summed E-state index contributed by atoms with van der Waals surface area (Å²) in [5, 5.41) is 40.8. The summed E-state index contributed by atoms with van der Waals surface area (Å²) in [5.74, 6) is 3.50. The molecule has 0 unspecified atom stereocenters. The van der Waals surface area contributed by atoms with Crippen LogP contribution in [-0.4, -0.2) is 77.0 Å². The number of hydrogen-bond donors (Lipinski definition) is 2. The summed E-state index contributed by atoms with van der Waals surface area (Å²) in [4.78, 5) is 24.3. The molecule has 9 rings (SSSR count). The van der Waals surface area contributed by atoms with Gasteiger partial charge in [-0.05, 0) is 123 Å². The lowest BCUT2D eigenvalue weighted by atomic mass is 10.1. The molecule has 0 aliphatic heterocycles. The number of aromatic nitrogens is 5. The Morgan fingerprint density at radius 1 is 0.671 bits per heavy atom. The van der Waals surface area contributed by atoms with Crippen LogP contribution in [0.15, 0.2) is 129 Å². The Kier molecular flexibility index (Phi) is 19.3. The lowest BCUT2D eigenvalue weighted by Gasteiger charge is -2.04. The minimum atomic E-state index is -0.499. The molecule has 9 aromatic rings. The van der Waals surface area contributed by atoms with Crippen molar-refractivity contribution in [3.63, 3.8) is 0 Å². The molecule has 0 radical (unpaired) electrons. The highest BCUT2D eigenvalue weighted by molar-refractivity contribution is 6.35. The molecule has 0 fully saturated rings. The Balaban J connectivity index is 0.000000168. The number of nitrogens with zero attached hydrogens (tertiary/aromatic N) is 6. The van der Waals surface area contributed by atoms with E-state index in [1.807, 2.05) is 104 Å². The number of benzene rings is 4. The number of carbonyl (C=O) groups is 1. The molecular weight excluding hydrogens is 924 g/mol. The van der Waals surface area contributed by atoms with Crippen LogP contribution in [0.5, 0.6) is 23.0 Å². The third kappa shape index (κ3) is 13.9. The number of fused-ring (bicyclic) bond motifs is 2. The SMILES string of the molecule is COc1ccc(-c2cc(Cl)c3onc(C)c3n2)cc1.COc1ccc(-c2ccc3onc(C)c3[n+]2O)cc1.COc1ccc(CC=O)cc1.COc1ccc(CCO)cc1.Cc1noc(C)c1[N+](=O)[O-]. The number of ether oxygens (including phenoxy) is 4. The predicted octanol–water partition coefficient (Wildman–Crippen LogP) is 10.1. The normalized spacial score (nSPS) is 10.3. The van der Waals surface area contributed by atoms with Crippen molar-refractivity contribution < 1.29 is 57.3 Å². The molecule has 364 valence electrons. The Morgan fingerprint density at radius 2 is 1.17 bits per heavy atom. The van der Waals surface area contributed by atoms with Gasteiger partial charge in [-0.2, -0.15) is 0 Å². The second kappa shape index (κ2) is 25.7. The first-order chi connectivity index (χ1) is 33.7. The van der Waals surface area contributed by atoms with Crippen molar-refractivity contribution in [2.45, 2.75) is 40.5 Å². The third-order valence-corrected chi connectivity index (χ3v) is 10.5. The highest BCUT2D eigenvalue weighted by Gasteiger charge is 2.23. The minimum absolute atomic E-state index is 0.0278. The van der Waals surface area contributed by atoms with E-state index in [1.165, 1.54) is 13.8 Å². The zero-order valence-corrected chi connectivity index (χ0v) is 40.5. The molecule has 0 atom stereocenters. The largest absolute Gasteiger partial charge is 0.497 e. The van der Waals surface area contributed by atoms with Gasteiger partial charge in [-0.3, -0.25) is 15.3 Å². The predicted molar refractivity (Wildman–Crippen MR) is 261 cm³/mol. The van der Waals surface area contributed by atoms with Crippen molar-refractivity contribution in [3.8, 4) is 45.5 Å². The van der Waals surface area contributed by atoms with Gasteiger partial charge < -0.3 is 42.4 Å². The van der Waals surface area contributed by atoms with Crippen molar-refractivity contribution in [2.75, 3.05) is 35.0 Å². The van der Waals surface area contributed by atoms with Crippen LogP contribution in [0.1, 0.15) is 34.0 Å². The molecule has 4 aromatic carbocycles. The first-order valence-electron chi connectivity index (χ1n) is 21.3. The van der Waals surface area contributed by atoms with E-state index < -0.39 is 4.92 Å². The van der Waals surface area contributed by atoms with Crippen LogP contribution in [0.25, 0.3) is 44.7 Å². The molecule has 19 heteroatoms. The summed E-state index contributed by atoms with van der Waals surface area (Å²) in [7, 11) is 6.51. The van der Waals surface area contributed by atoms with Crippen LogP contribution in [0, 0.1) is 37.8 Å². The number of carbonyl (C=O) groups excluding carboxylic acids is 1. The molecule has 0 bridgehead atoms. The van der Waals surface area contributed by atoms with Gasteiger partial charge in [0.15, 0.2) is 11.4 Å². The van der Waals surface area contributed by atoms with Crippen LogP contribution in [0.2, 0.25) is 5.02 Å². The van der Waals surface area contributed by atoms with E-state index in [1.54, 1.807) is 53.6 Å². The standard InChI is InChI=1S/C14H11ClN2O2.C14H13N2O3.C9H12O2.C9H10O2.C5H6N2O3/c1-8-13-14(19-17-8)11(15)7-12(16-13)9-3-5-10(18-2)6-4-9;1-9-14-13(19-15-9)8-7-12(16(14)17)10-3-5-11(18-2)6-4-10;2*1-11-9-4-2-8(3-5-9)6-7-10;1-3-5(7(8)9)4(2)10-6-3/h3-7H,1-2H3;3-8,17H,1-2H3;2-5,10H,6-7H2,1H3;2-5,7H,6H2,1H3;1-2H3/q;+1;;;. The molecule has 70 heavy (non-hydrogen) atoms. The van der Waals surface area contributed by atoms with Gasteiger partial charge >= 0.3 is 11.2 Å². The molecule has 0 saturated heterocycles. The number of rotatable bonds is 11.